The molecule has 2 heteroatoms. The van der Waals surface area contributed by atoms with Crippen molar-refractivity contribution in [1.29, 1.82) is 0 Å². The smallest absolute Gasteiger partial charge is 0.143 e. The maximum atomic E-state index is 6.54. The first kappa shape index (κ1) is 30.5. The number of nitrogens with zero attached hydrogens (tertiary/aromatic N) is 1. The molecule has 0 atom stereocenters. The van der Waals surface area contributed by atoms with E-state index >= 15 is 0 Å². The topological polar surface area (TPSA) is 16.4 Å². The molecule has 11 rings (SSSR count). The normalized spacial score (nSPS) is 11.7. The average Bonchev–Trinajstić information content (AvgIpc) is 3.63. The summed E-state index contributed by atoms with van der Waals surface area (Å²) in [6.07, 6.45) is 0. The van der Waals surface area contributed by atoms with Gasteiger partial charge in [-0.25, -0.2) is 0 Å². The average molecular weight is 688 g/mol. The highest BCUT2D eigenvalue weighted by Crippen LogP contribution is 2.44. The van der Waals surface area contributed by atoms with Gasteiger partial charge in [0, 0.05) is 33.1 Å². The second-order valence-corrected chi connectivity index (χ2v) is 14.1. The van der Waals surface area contributed by atoms with Gasteiger partial charge in [-0.2, -0.15) is 0 Å². The molecule has 0 N–H and O–H groups in total. The highest BCUT2D eigenvalue weighted by atomic mass is 16.3. The molecule has 0 bridgehead atoms. The summed E-state index contributed by atoms with van der Waals surface area (Å²) in [6.45, 7) is 0. The Morgan fingerprint density at radius 3 is 1.81 bits per heavy atom. The van der Waals surface area contributed by atoms with Gasteiger partial charge in [-0.3, -0.25) is 0 Å². The minimum atomic E-state index is 0.882. The lowest BCUT2D eigenvalue weighted by atomic mass is 9.92. The van der Waals surface area contributed by atoms with E-state index in [4.69, 9.17) is 4.42 Å². The fourth-order valence-electron chi connectivity index (χ4n) is 8.49. The van der Waals surface area contributed by atoms with Crippen molar-refractivity contribution in [2.24, 2.45) is 0 Å². The summed E-state index contributed by atoms with van der Waals surface area (Å²) in [5.41, 5.74) is 9.81. The molecule has 0 fully saturated rings. The highest BCUT2D eigenvalue weighted by molar-refractivity contribution is 6.22. The van der Waals surface area contributed by atoms with E-state index in [0.717, 1.165) is 44.4 Å². The number of hydrogen-bond donors (Lipinski definition) is 0. The fourth-order valence-corrected chi connectivity index (χ4v) is 8.49. The molecule has 54 heavy (non-hydrogen) atoms. The number of hydrogen-bond acceptors (Lipinski definition) is 2. The van der Waals surface area contributed by atoms with Crippen LogP contribution in [-0.2, 0) is 0 Å². The molecule has 11 aromatic rings. The predicted molar refractivity (Wildman–Crippen MR) is 229 cm³/mol. The van der Waals surface area contributed by atoms with E-state index in [1.807, 2.05) is 0 Å². The lowest BCUT2D eigenvalue weighted by molar-refractivity contribution is 0.672. The van der Waals surface area contributed by atoms with Gasteiger partial charge in [-0.15, -0.1) is 0 Å². The Morgan fingerprint density at radius 2 is 0.944 bits per heavy atom. The zero-order chi connectivity index (χ0) is 35.6. The van der Waals surface area contributed by atoms with E-state index in [-0.39, 0.29) is 0 Å². The number of furan rings is 1. The number of para-hydroxylation sites is 1. The first-order valence-corrected chi connectivity index (χ1v) is 18.5. The van der Waals surface area contributed by atoms with Gasteiger partial charge in [0.2, 0.25) is 0 Å². The third kappa shape index (κ3) is 4.81. The molecule has 0 unspecified atom stereocenters. The van der Waals surface area contributed by atoms with Crippen LogP contribution in [0.25, 0.3) is 87.3 Å². The van der Waals surface area contributed by atoms with E-state index in [1.165, 1.54) is 60.0 Å². The Balaban J connectivity index is 1.09. The van der Waals surface area contributed by atoms with Crippen LogP contribution in [0.3, 0.4) is 0 Å². The van der Waals surface area contributed by atoms with Crippen LogP contribution in [0, 0.1) is 0 Å². The van der Waals surface area contributed by atoms with Crippen molar-refractivity contribution in [2.45, 2.75) is 0 Å². The molecule has 0 aliphatic heterocycles. The Morgan fingerprint density at radius 1 is 0.333 bits per heavy atom. The van der Waals surface area contributed by atoms with Crippen molar-refractivity contribution in [3.63, 3.8) is 0 Å². The van der Waals surface area contributed by atoms with Crippen LogP contribution in [0.4, 0.5) is 17.1 Å². The second kappa shape index (κ2) is 12.2. The van der Waals surface area contributed by atoms with Crippen molar-refractivity contribution < 1.29 is 4.42 Å². The summed E-state index contributed by atoms with van der Waals surface area (Å²) in [7, 11) is 0. The Kier molecular flexibility index (Phi) is 6.90. The van der Waals surface area contributed by atoms with E-state index < -0.39 is 0 Å². The summed E-state index contributed by atoms with van der Waals surface area (Å²) < 4.78 is 6.54. The molecule has 0 aliphatic rings. The SMILES string of the molecule is c1ccc(-c2ccccc2N(c2ccc(-c3cccc4c3ccc3ccc5ccccc5c34)cc2)c2ccc3oc4c5ccccc5ccc4c3c2)cc1. The van der Waals surface area contributed by atoms with Gasteiger partial charge in [0.05, 0.1) is 5.69 Å². The van der Waals surface area contributed by atoms with E-state index in [0.29, 0.717) is 0 Å². The maximum Gasteiger partial charge on any atom is 0.143 e. The number of benzene rings is 10. The van der Waals surface area contributed by atoms with E-state index in [9.17, 15) is 0 Å². The minimum absolute atomic E-state index is 0.882. The lowest BCUT2D eigenvalue weighted by Crippen LogP contribution is -2.11. The fraction of sp³-hybridized carbons (Fsp3) is 0. The van der Waals surface area contributed by atoms with Gasteiger partial charge < -0.3 is 9.32 Å². The zero-order valence-electron chi connectivity index (χ0n) is 29.4. The molecule has 10 aromatic carbocycles. The van der Waals surface area contributed by atoms with Crippen molar-refractivity contribution >= 4 is 82.1 Å². The Bertz CT molecular complexity index is 3210. The molecule has 0 radical (unpaired) electrons. The summed E-state index contributed by atoms with van der Waals surface area (Å²) in [5.74, 6) is 0. The standard InChI is InChI=1S/C52H33NO/c1-2-11-34(12-3-1)42-15-8-9-20-49(42)53(40-29-32-50-48(33-40)47-31-25-36-14-5-7-17-44(36)52(47)54-50)39-27-23-37(24-28-39)41-18-10-19-46-45(41)30-26-38-22-21-35-13-4-6-16-43(35)51(38)46/h1-33H. The van der Waals surface area contributed by atoms with Crippen LogP contribution < -0.4 is 4.90 Å². The molecule has 1 heterocycles. The highest BCUT2D eigenvalue weighted by Gasteiger charge is 2.20. The van der Waals surface area contributed by atoms with Gasteiger partial charge in [0.25, 0.3) is 0 Å². The van der Waals surface area contributed by atoms with E-state index in [2.05, 4.69) is 205 Å². The van der Waals surface area contributed by atoms with Crippen LogP contribution in [0.15, 0.2) is 205 Å². The summed E-state index contributed by atoms with van der Waals surface area (Å²) >= 11 is 0. The summed E-state index contributed by atoms with van der Waals surface area (Å²) in [5, 5.41) is 12.2. The molecule has 0 saturated heterocycles. The number of anilines is 3. The van der Waals surface area contributed by atoms with Crippen molar-refractivity contribution in [3.05, 3.63) is 200 Å². The van der Waals surface area contributed by atoms with E-state index in [1.54, 1.807) is 0 Å². The van der Waals surface area contributed by atoms with Crippen LogP contribution in [-0.4, -0.2) is 0 Å². The van der Waals surface area contributed by atoms with Crippen molar-refractivity contribution in [1.82, 2.24) is 0 Å². The van der Waals surface area contributed by atoms with Gasteiger partial charge in [0.15, 0.2) is 0 Å². The molecule has 2 nitrogen and oxygen atoms in total. The molecule has 0 aliphatic carbocycles. The van der Waals surface area contributed by atoms with Gasteiger partial charge in [-0.05, 0) is 96.9 Å². The van der Waals surface area contributed by atoms with Crippen LogP contribution >= 0.6 is 0 Å². The first-order valence-electron chi connectivity index (χ1n) is 18.5. The van der Waals surface area contributed by atoms with Gasteiger partial charge in [-0.1, -0.05) is 158 Å². The summed E-state index contributed by atoms with van der Waals surface area (Å²) in [4.78, 5) is 2.38. The second-order valence-electron chi connectivity index (χ2n) is 14.1. The maximum absolute atomic E-state index is 6.54. The largest absolute Gasteiger partial charge is 0.455 e. The van der Waals surface area contributed by atoms with Crippen molar-refractivity contribution in [3.8, 4) is 22.3 Å². The van der Waals surface area contributed by atoms with Crippen molar-refractivity contribution in [2.75, 3.05) is 4.90 Å². The van der Waals surface area contributed by atoms with Gasteiger partial charge in [0.1, 0.15) is 11.2 Å². The molecular formula is C52H33NO. The van der Waals surface area contributed by atoms with Gasteiger partial charge >= 0.3 is 0 Å². The third-order valence-electron chi connectivity index (χ3n) is 11.0. The molecule has 252 valence electrons. The third-order valence-corrected chi connectivity index (χ3v) is 11.0. The Labute approximate surface area is 312 Å². The molecule has 0 saturated carbocycles. The monoisotopic (exact) mass is 687 g/mol. The molecule has 0 amide bonds. The number of fused-ring (bicyclic) bond motifs is 10. The number of rotatable bonds is 5. The van der Waals surface area contributed by atoms with Crippen LogP contribution in [0.1, 0.15) is 0 Å². The molecule has 0 spiro atoms. The van der Waals surface area contributed by atoms with Crippen LogP contribution in [0.2, 0.25) is 0 Å². The Hall–Kier alpha value is -7.16. The quantitative estimate of drug-likeness (QED) is 0.168. The van der Waals surface area contributed by atoms with Crippen LogP contribution in [0.5, 0.6) is 0 Å². The zero-order valence-corrected chi connectivity index (χ0v) is 29.4. The summed E-state index contributed by atoms with van der Waals surface area (Å²) in [6, 6.07) is 72.3. The lowest BCUT2D eigenvalue weighted by Gasteiger charge is -2.28. The minimum Gasteiger partial charge on any atom is -0.455 e. The first-order chi connectivity index (χ1) is 26.8. The molecule has 1 aromatic heterocycles. The molecular weight excluding hydrogens is 655 g/mol. The predicted octanol–water partition coefficient (Wildman–Crippen LogP) is 15.0.